The normalized spacial score (nSPS) is 8.92. The van der Waals surface area contributed by atoms with Crippen molar-refractivity contribution >= 4 is 0 Å². The third-order valence-corrected chi connectivity index (χ3v) is 1.86. The van der Waals surface area contributed by atoms with Crippen LogP contribution in [0.5, 0.6) is 0 Å². The fourth-order valence-electron chi connectivity index (χ4n) is 1.28. The van der Waals surface area contributed by atoms with Gasteiger partial charge in [0.1, 0.15) is 6.54 Å². The molecule has 0 saturated heterocycles. The number of nitriles is 2. The Morgan fingerprint density at radius 3 is 2.00 bits per heavy atom. The summed E-state index contributed by atoms with van der Waals surface area (Å²) in [5.41, 5.74) is 2.02. The summed E-state index contributed by atoms with van der Waals surface area (Å²) < 4.78 is 1.70. The van der Waals surface area contributed by atoms with Crippen LogP contribution in [0.1, 0.15) is 23.9 Å². The number of hydrogen-bond donors (Lipinski definition) is 0. The molecule has 1 aromatic heterocycles. The topological polar surface area (TPSA) is 51.5 Å². The van der Waals surface area contributed by atoms with E-state index in [0.717, 1.165) is 5.56 Å². The summed E-state index contributed by atoms with van der Waals surface area (Å²) in [6.45, 7) is 4.44. The van der Waals surface area contributed by atoms with Crippen LogP contribution < -0.4 is 4.57 Å². The average Bonchev–Trinajstić information content (AvgIpc) is 2.16. The smallest absolute Gasteiger partial charge is 0.186 e. The summed E-state index contributed by atoms with van der Waals surface area (Å²) in [6.07, 6.45) is 0. The van der Waals surface area contributed by atoms with E-state index in [2.05, 4.69) is 12.1 Å². The van der Waals surface area contributed by atoms with Crippen molar-refractivity contribution in [2.75, 3.05) is 0 Å². The summed E-state index contributed by atoms with van der Waals surface area (Å²) in [5.74, 6) is 0. The molecule has 1 rings (SSSR count). The van der Waals surface area contributed by atoms with Crippen LogP contribution in [0.3, 0.4) is 0 Å². The van der Waals surface area contributed by atoms with E-state index in [0.29, 0.717) is 17.9 Å². The molecule has 0 bridgehead atoms. The minimum absolute atomic E-state index is 0.541. The molecule has 13 heavy (non-hydrogen) atoms. The van der Waals surface area contributed by atoms with Crippen molar-refractivity contribution in [2.24, 2.45) is 0 Å². The molecule has 0 saturated carbocycles. The molecule has 3 heteroatoms. The molecule has 1 aromatic rings. The van der Waals surface area contributed by atoms with Crippen LogP contribution in [0.4, 0.5) is 0 Å². The zero-order chi connectivity index (χ0) is 9.84. The third-order valence-electron chi connectivity index (χ3n) is 1.86. The highest BCUT2D eigenvalue weighted by molar-refractivity contribution is 5.27. The molecule has 0 radical (unpaired) electrons. The van der Waals surface area contributed by atoms with Crippen LogP contribution in [-0.2, 0) is 6.54 Å². The Bertz CT molecular complexity index is 372. The van der Waals surface area contributed by atoms with E-state index in [-0.39, 0.29) is 0 Å². The van der Waals surface area contributed by atoms with Crippen LogP contribution in [0.2, 0.25) is 0 Å². The molecule has 0 aromatic carbocycles. The Kier molecular flexibility index (Phi) is 2.62. The van der Waals surface area contributed by atoms with Crippen molar-refractivity contribution in [3.8, 4) is 12.1 Å². The maximum absolute atomic E-state index is 8.81. The van der Waals surface area contributed by atoms with Gasteiger partial charge in [-0.2, -0.15) is 15.1 Å². The molecular formula is C10H10N3+. The van der Waals surface area contributed by atoms with Crippen LogP contribution in [-0.4, -0.2) is 0 Å². The molecule has 0 spiro atoms. The Hall–Kier alpha value is -1.87. The van der Waals surface area contributed by atoms with E-state index in [9.17, 15) is 0 Å². The van der Waals surface area contributed by atoms with E-state index in [1.807, 2.05) is 13.8 Å². The highest BCUT2D eigenvalue weighted by Gasteiger charge is 2.14. The third kappa shape index (κ3) is 1.65. The Labute approximate surface area is 77.5 Å². The maximum atomic E-state index is 8.81. The molecule has 0 aliphatic heterocycles. The minimum Gasteiger partial charge on any atom is -0.186 e. The molecule has 0 amide bonds. The number of nitrogens with zero attached hydrogens (tertiary/aromatic N) is 3. The number of aryl methyl sites for hydroxylation is 1. The monoisotopic (exact) mass is 172 g/mol. The fraction of sp³-hybridized carbons (Fsp3) is 0.300. The van der Waals surface area contributed by atoms with Crippen LogP contribution >= 0.6 is 0 Å². The van der Waals surface area contributed by atoms with E-state index in [4.69, 9.17) is 10.5 Å². The quantitative estimate of drug-likeness (QED) is 0.594. The molecule has 0 aliphatic rings. The van der Waals surface area contributed by atoms with E-state index < -0.39 is 0 Å². The second kappa shape index (κ2) is 3.69. The highest BCUT2D eigenvalue weighted by Crippen LogP contribution is 2.01. The second-order valence-corrected chi connectivity index (χ2v) is 2.77. The molecule has 3 nitrogen and oxygen atoms in total. The standard InChI is InChI=1S/C10H10N3/c1-3-13-9(6-11)4-8(2)5-10(13)7-12/h4-5H,3H2,1-2H3/q+1. The molecular weight excluding hydrogens is 162 g/mol. The van der Waals surface area contributed by atoms with Gasteiger partial charge in [-0.3, -0.25) is 0 Å². The van der Waals surface area contributed by atoms with Crippen molar-refractivity contribution < 1.29 is 4.57 Å². The number of aromatic nitrogens is 1. The van der Waals surface area contributed by atoms with Gasteiger partial charge in [-0.05, 0) is 19.4 Å². The summed E-state index contributed by atoms with van der Waals surface area (Å²) >= 11 is 0. The predicted molar refractivity (Wildman–Crippen MR) is 46.5 cm³/mol. The first-order chi connectivity index (χ1) is 6.22. The number of pyridine rings is 1. The van der Waals surface area contributed by atoms with Gasteiger partial charge >= 0.3 is 0 Å². The van der Waals surface area contributed by atoms with Crippen LogP contribution in [0.15, 0.2) is 12.1 Å². The fourth-order valence-corrected chi connectivity index (χ4v) is 1.28. The predicted octanol–water partition coefficient (Wildman–Crippen LogP) is 1.05. The molecule has 64 valence electrons. The SMILES string of the molecule is CC[n+]1c(C#N)cc(C)cc1C#N. The summed E-state index contributed by atoms with van der Waals surface area (Å²) in [4.78, 5) is 0. The first-order valence-corrected chi connectivity index (χ1v) is 4.07. The van der Waals surface area contributed by atoms with Crippen molar-refractivity contribution in [3.63, 3.8) is 0 Å². The van der Waals surface area contributed by atoms with Gasteiger partial charge in [-0.15, -0.1) is 0 Å². The van der Waals surface area contributed by atoms with Crippen LogP contribution in [0, 0.1) is 29.6 Å². The van der Waals surface area contributed by atoms with E-state index >= 15 is 0 Å². The highest BCUT2D eigenvalue weighted by atomic mass is 15.0. The van der Waals surface area contributed by atoms with E-state index in [1.165, 1.54) is 0 Å². The van der Waals surface area contributed by atoms with Gasteiger partial charge in [0.05, 0.1) is 0 Å². The largest absolute Gasteiger partial charge is 0.284 e. The number of rotatable bonds is 1. The lowest BCUT2D eigenvalue weighted by atomic mass is 10.2. The second-order valence-electron chi connectivity index (χ2n) is 2.77. The average molecular weight is 172 g/mol. The Morgan fingerprint density at radius 2 is 1.69 bits per heavy atom. The first-order valence-electron chi connectivity index (χ1n) is 4.07. The van der Waals surface area contributed by atoms with Gasteiger partial charge in [0.2, 0.25) is 0 Å². The Morgan fingerprint density at radius 1 is 1.23 bits per heavy atom. The van der Waals surface area contributed by atoms with Gasteiger partial charge in [0.25, 0.3) is 11.4 Å². The van der Waals surface area contributed by atoms with Gasteiger partial charge in [-0.1, -0.05) is 0 Å². The van der Waals surface area contributed by atoms with Crippen molar-refractivity contribution in [3.05, 3.63) is 29.1 Å². The lowest BCUT2D eigenvalue weighted by molar-refractivity contribution is -0.698. The van der Waals surface area contributed by atoms with Gasteiger partial charge in [0.15, 0.2) is 12.1 Å². The summed E-state index contributed by atoms with van der Waals surface area (Å²) in [5, 5.41) is 17.6. The first kappa shape index (κ1) is 9.22. The lowest BCUT2D eigenvalue weighted by Gasteiger charge is -1.98. The van der Waals surface area contributed by atoms with Crippen molar-refractivity contribution in [1.82, 2.24) is 0 Å². The van der Waals surface area contributed by atoms with Gasteiger partial charge in [-0.25, -0.2) is 0 Å². The van der Waals surface area contributed by atoms with Gasteiger partial charge < -0.3 is 0 Å². The molecule has 1 heterocycles. The summed E-state index contributed by atoms with van der Waals surface area (Å²) in [7, 11) is 0. The lowest BCUT2D eigenvalue weighted by Crippen LogP contribution is -2.40. The molecule has 0 unspecified atom stereocenters. The minimum atomic E-state index is 0.541. The maximum Gasteiger partial charge on any atom is 0.284 e. The Balaban J connectivity index is 3.47. The van der Waals surface area contributed by atoms with E-state index in [1.54, 1.807) is 16.7 Å². The van der Waals surface area contributed by atoms with Crippen molar-refractivity contribution in [1.29, 1.82) is 10.5 Å². The van der Waals surface area contributed by atoms with Gasteiger partial charge in [0, 0.05) is 12.1 Å². The molecule has 0 aliphatic carbocycles. The molecule has 0 fully saturated rings. The molecule has 0 atom stereocenters. The number of hydrogen-bond acceptors (Lipinski definition) is 2. The summed E-state index contributed by atoms with van der Waals surface area (Å²) in [6, 6.07) is 7.71. The molecule has 0 N–H and O–H groups in total. The zero-order valence-corrected chi connectivity index (χ0v) is 7.70. The van der Waals surface area contributed by atoms with Crippen molar-refractivity contribution in [2.45, 2.75) is 20.4 Å². The van der Waals surface area contributed by atoms with Crippen LogP contribution in [0.25, 0.3) is 0 Å². The zero-order valence-electron chi connectivity index (χ0n) is 7.70.